The van der Waals surface area contributed by atoms with Crippen molar-refractivity contribution < 1.29 is 9.90 Å². The molecule has 6 heteroatoms. The van der Waals surface area contributed by atoms with Crippen molar-refractivity contribution in [2.75, 3.05) is 7.05 Å². The summed E-state index contributed by atoms with van der Waals surface area (Å²) in [7, 11) is 1.77. The molecule has 4 rings (SSSR count). The van der Waals surface area contributed by atoms with Crippen molar-refractivity contribution in [2.45, 2.75) is 25.4 Å². The van der Waals surface area contributed by atoms with E-state index in [0.29, 0.717) is 16.7 Å². The van der Waals surface area contributed by atoms with Crippen molar-refractivity contribution in [1.82, 2.24) is 14.5 Å². The lowest BCUT2D eigenvalue weighted by Crippen LogP contribution is -2.36. The molecule has 26 heavy (non-hydrogen) atoms. The van der Waals surface area contributed by atoms with Crippen LogP contribution < -0.4 is 5.56 Å². The second-order valence-electron chi connectivity index (χ2n) is 6.63. The molecule has 0 radical (unpaired) electrons. The third-order valence-electron chi connectivity index (χ3n) is 4.75. The Morgan fingerprint density at radius 1 is 1.23 bits per heavy atom. The third kappa shape index (κ3) is 2.94. The number of phenols is 1. The van der Waals surface area contributed by atoms with E-state index < -0.39 is 0 Å². The van der Waals surface area contributed by atoms with Crippen molar-refractivity contribution >= 4 is 16.8 Å². The van der Waals surface area contributed by atoms with E-state index in [2.05, 4.69) is 4.98 Å². The summed E-state index contributed by atoms with van der Waals surface area (Å²) in [6.45, 7) is -0.0747. The lowest BCUT2D eigenvalue weighted by Gasteiger charge is -2.19. The molecular weight excluding hydrogens is 330 g/mol. The molecule has 1 amide bonds. The quantitative estimate of drug-likeness (QED) is 0.785. The van der Waals surface area contributed by atoms with Crippen LogP contribution in [-0.2, 0) is 11.3 Å². The largest absolute Gasteiger partial charge is 0.508 e. The van der Waals surface area contributed by atoms with Crippen LogP contribution in [0.3, 0.4) is 0 Å². The maximum absolute atomic E-state index is 13.1. The number of aromatic nitrogens is 2. The predicted octanol–water partition coefficient (Wildman–Crippen LogP) is 2.39. The van der Waals surface area contributed by atoms with Crippen molar-refractivity contribution in [3.8, 4) is 17.1 Å². The lowest BCUT2D eigenvalue weighted by atomic mass is 10.1. The summed E-state index contributed by atoms with van der Waals surface area (Å²) >= 11 is 0. The van der Waals surface area contributed by atoms with Crippen LogP contribution >= 0.6 is 0 Å². The van der Waals surface area contributed by atoms with Gasteiger partial charge in [-0.05, 0) is 31.0 Å². The number of phenolic OH excluding ortho intramolecular Hbond substituents is 1. The zero-order valence-corrected chi connectivity index (χ0v) is 14.4. The first-order chi connectivity index (χ1) is 12.5. The molecule has 0 atom stereocenters. The number of carbonyl (C=O) groups is 1. The minimum Gasteiger partial charge on any atom is -0.508 e. The number of hydrogen-bond donors (Lipinski definition) is 1. The molecule has 6 nitrogen and oxygen atoms in total. The minimum absolute atomic E-state index is 0.00293. The first kappa shape index (κ1) is 16.3. The Labute approximate surface area is 150 Å². The molecular formula is C20H19N3O3. The second-order valence-corrected chi connectivity index (χ2v) is 6.63. The molecule has 1 N–H and O–H groups in total. The molecule has 0 saturated heterocycles. The molecule has 0 spiro atoms. The topological polar surface area (TPSA) is 75.4 Å². The van der Waals surface area contributed by atoms with Gasteiger partial charge in [0.1, 0.15) is 18.1 Å². The van der Waals surface area contributed by atoms with E-state index in [1.807, 2.05) is 30.3 Å². The molecule has 1 saturated carbocycles. The molecule has 0 unspecified atom stereocenters. The van der Waals surface area contributed by atoms with Crippen LogP contribution in [0, 0.1) is 0 Å². The van der Waals surface area contributed by atoms with Crippen molar-refractivity contribution in [3.05, 3.63) is 58.9 Å². The Kier molecular flexibility index (Phi) is 3.95. The number of fused-ring (bicyclic) bond motifs is 1. The van der Waals surface area contributed by atoms with Gasteiger partial charge < -0.3 is 10.0 Å². The van der Waals surface area contributed by atoms with Gasteiger partial charge in [-0.25, -0.2) is 4.98 Å². The van der Waals surface area contributed by atoms with Crippen molar-refractivity contribution in [2.24, 2.45) is 0 Å². The van der Waals surface area contributed by atoms with E-state index in [9.17, 15) is 14.7 Å². The molecule has 2 aromatic carbocycles. The van der Waals surface area contributed by atoms with E-state index in [1.54, 1.807) is 18.0 Å². The van der Waals surface area contributed by atoms with Crippen LogP contribution in [0.4, 0.5) is 0 Å². The maximum Gasteiger partial charge on any atom is 0.262 e. The highest BCUT2D eigenvalue weighted by molar-refractivity contribution is 5.83. The summed E-state index contributed by atoms with van der Waals surface area (Å²) in [5.74, 6) is 0.330. The number of benzene rings is 2. The number of aromatic hydroxyl groups is 1. The van der Waals surface area contributed by atoms with Crippen LogP contribution in [0.2, 0.25) is 0 Å². The summed E-state index contributed by atoms with van der Waals surface area (Å²) in [4.78, 5) is 32.0. The van der Waals surface area contributed by atoms with Crippen LogP contribution in [0.1, 0.15) is 12.8 Å². The number of nitrogens with zero attached hydrogens (tertiary/aromatic N) is 3. The predicted molar refractivity (Wildman–Crippen MR) is 98.9 cm³/mol. The average Bonchev–Trinajstić information content (AvgIpc) is 3.49. The normalized spacial score (nSPS) is 13.7. The van der Waals surface area contributed by atoms with Crippen LogP contribution in [0.5, 0.6) is 5.75 Å². The Morgan fingerprint density at radius 3 is 2.65 bits per heavy atom. The zero-order valence-electron chi connectivity index (χ0n) is 14.4. The van der Waals surface area contributed by atoms with E-state index in [0.717, 1.165) is 18.4 Å². The summed E-state index contributed by atoms with van der Waals surface area (Å²) in [6, 6.07) is 14.1. The third-order valence-corrected chi connectivity index (χ3v) is 4.75. The number of amides is 1. The van der Waals surface area contributed by atoms with Crippen LogP contribution in [-0.4, -0.2) is 38.6 Å². The van der Waals surface area contributed by atoms with Gasteiger partial charge in [0.05, 0.1) is 10.9 Å². The number of rotatable bonds is 4. The Hall–Kier alpha value is -3.15. The number of likely N-dealkylation sites (N-methyl/N-ethyl adjacent to an activating group) is 1. The highest BCUT2D eigenvalue weighted by Crippen LogP contribution is 2.26. The standard InChI is InChI=1S/C20H19N3O3/c1-22(14-7-8-14)18(25)12-23-19(13-5-3-2-4-6-13)21-17-10-9-15(24)11-16(17)20(23)26/h2-6,9-11,14,24H,7-8,12H2,1H3. The fourth-order valence-corrected chi connectivity index (χ4v) is 3.08. The molecule has 1 fully saturated rings. The molecule has 0 bridgehead atoms. The highest BCUT2D eigenvalue weighted by Gasteiger charge is 2.30. The minimum atomic E-state index is -0.331. The smallest absolute Gasteiger partial charge is 0.262 e. The Bertz CT molecular complexity index is 1040. The van der Waals surface area contributed by atoms with Gasteiger partial charge >= 0.3 is 0 Å². The summed E-state index contributed by atoms with van der Waals surface area (Å²) in [5, 5.41) is 10.0. The van der Waals surface area contributed by atoms with Gasteiger partial charge in [-0.3, -0.25) is 14.2 Å². The SMILES string of the molecule is CN(C(=O)Cn1c(-c2ccccc2)nc2ccc(O)cc2c1=O)C1CC1. The molecule has 0 aliphatic heterocycles. The highest BCUT2D eigenvalue weighted by atomic mass is 16.3. The average molecular weight is 349 g/mol. The Balaban J connectivity index is 1.88. The molecule has 1 aliphatic carbocycles. The summed E-state index contributed by atoms with van der Waals surface area (Å²) in [6.07, 6.45) is 2.01. The van der Waals surface area contributed by atoms with Gasteiger partial charge in [0.25, 0.3) is 5.56 Å². The van der Waals surface area contributed by atoms with E-state index in [1.165, 1.54) is 16.7 Å². The van der Waals surface area contributed by atoms with Gasteiger partial charge in [-0.15, -0.1) is 0 Å². The van der Waals surface area contributed by atoms with Gasteiger partial charge in [0.2, 0.25) is 5.91 Å². The van der Waals surface area contributed by atoms with E-state index >= 15 is 0 Å². The van der Waals surface area contributed by atoms with Gasteiger partial charge in [-0.2, -0.15) is 0 Å². The Morgan fingerprint density at radius 2 is 1.96 bits per heavy atom. The number of hydrogen-bond acceptors (Lipinski definition) is 4. The lowest BCUT2D eigenvalue weighted by molar-refractivity contribution is -0.131. The molecule has 1 heterocycles. The van der Waals surface area contributed by atoms with E-state index in [4.69, 9.17) is 0 Å². The summed E-state index contributed by atoms with van der Waals surface area (Å²) in [5.41, 5.74) is 0.926. The first-order valence-corrected chi connectivity index (χ1v) is 8.59. The van der Waals surface area contributed by atoms with Crippen molar-refractivity contribution in [1.29, 1.82) is 0 Å². The van der Waals surface area contributed by atoms with Crippen LogP contribution in [0.25, 0.3) is 22.3 Å². The molecule has 3 aromatic rings. The maximum atomic E-state index is 13.1. The van der Waals surface area contributed by atoms with E-state index in [-0.39, 0.29) is 29.8 Å². The van der Waals surface area contributed by atoms with Gasteiger partial charge in [0, 0.05) is 18.7 Å². The fourth-order valence-electron chi connectivity index (χ4n) is 3.08. The first-order valence-electron chi connectivity index (χ1n) is 8.59. The van der Waals surface area contributed by atoms with Gasteiger partial charge in [0.15, 0.2) is 0 Å². The monoisotopic (exact) mass is 349 g/mol. The summed E-state index contributed by atoms with van der Waals surface area (Å²) < 4.78 is 1.40. The molecule has 132 valence electrons. The van der Waals surface area contributed by atoms with Crippen LogP contribution in [0.15, 0.2) is 53.3 Å². The molecule has 1 aliphatic rings. The number of carbonyl (C=O) groups excluding carboxylic acids is 1. The molecule has 1 aromatic heterocycles. The zero-order chi connectivity index (χ0) is 18.3. The van der Waals surface area contributed by atoms with Crippen molar-refractivity contribution in [3.63, 3.8) is 0 Å². The fraction of sp³-hybridized carbons (Fsp3) is 0.250. The second kappa shape index (κ2) is 6.29. The van der Waals surface area contributed by atoms with Gasteiger partial charge in [-0.1, -0.05) is 30.3 Å².